The van der Waals surface area contributed by atoms with Crippen LogP contribution in [0.25, 0.3) is 0 Å². The molecule has 2 rings (SSSR count). The van der Waals surface area contributed by atoms with E-state index in [1.54, 1.807) is 6.92 Å². The normalized spacial score (nSPS) is 11.4. The predicted octanol–water partition coefficient (Wildman–Crippen LogP) is 3.31. The molecule has 0 aliphatic rings. The van der Waals surface area contributed by atoms with Crippen LogP contribution in [-0.4, -0.2) is 8.42 Å². The van der Waals surface area contributed by atoms with Gasteiger partial charge in [-0.3, -0.25) is 4.72 Å². The van der Waals surface area contributed by atoms with Crippen molar-refractivity contribution < 1.29 is 17.2 Å². The minimum atomic E-state index is -4.14. The van der Waals surface area contributed by atoms with Gasteiger partial charge in [-0.25, -0.2) is 17.2 Å². The van der Waals surface area contributed by atoms with Crippen LogP contribution in [0.15, 0.2) is 35.2 Å². The van der Waals surface area contributed by atoms with Crippen molar-refractivity contribution >= 4 is 33.0 Å². The average molecular weight is 333 g/mol. The Morgan fingerprint density at radius 3 is 2.48 bits per heavy atom. The lowest BCUT2D eigenvalue weighted by molar-refractivity contribution is 0.583. The Hall–Kier alpha value is -1.86. The fourth-order valence-corrected chi connectivity index (χ4v) is 3.33. The minimum absolute atomic E-state index is 0.0447. The van der Waals surface area contributed by atoms with Crippen molar-refractivity contribution in [1.29, 1.82) is 0 Å². The van der Waals surface area contributed by atoms with Crippen LogP contribution in [0.1, 0.15) is 5.56 Å². The number of hydrogen-bond donors (Lipinski definition) is 2. The topological polar surface area (TPSA) is 72.2 Å². The molecular formula is C13H11ClF2N2O2S. The lowest BCUT2D eigenvalue weighted by Gasteiger charge is -2.12. The molecule has 0 saturated heterocycles. The van der Waals surface area contributed by atoms with E-state index in [0.29, 0.717) is 11.6 Å². The molecule has 0 heterocycles. The van der Waals surface area contributed by atoms with Gasteiger partial charge in [-0.1, -0.05) is 11.6 Å². The number of nitrogens with two attached hydrogens (primary N) is 1. The molecule has 0 bridgehead atoms. The van der Waals surface area contributed by atoms with E-state index in [-0.39, 0.29) is 21.3 Å². The van der Waals surface area contributed by atoms with E-state index in [0.717, 1.165) is 12.1 Å². The number of anilines is 2. The summed E-state index contributed by atoms with van der Waals surface area (Å²) in [5, 5.41) is -0.0447. The highest BCUT2D eigenvalue weighted by Crippen LogP contribution is 2.29. The Bertz CT molecular complexity index is 810. The first kappa shape index (κ1) is 15.5. The number of nitrogens with one attached hydrogen (secondary N) is 1. The summed E-state index contributed by atoms with van der Waals surface area (Å²) >= 11 is 5.89. The van der Waals surface area contributed by atoms with Gasteiger partial charge in [-0.05, 0) is 36.8 Å². The van der Waals surface area contributed by atoms with E-state index in [1.807, 2.05) is 4.72 Å². The summed E-state index contributed by atoms with van der Waals surface area (Å²) in [7, 11) is -4.14. The van der Waals surface area contributed by atoms with Gasteiger partial charge < -0.3 is 5.73 Å². The first-order valence-corrected chi connectivity index (χ1v) is 7.60. The maximum absolute atomic E-state index is 13.5. The van der Waals surface area contributed by atoms with Gasteiger partial charge in [0.2, 0.25) is 0 Å². The molecule has 0 aliphatic carbocycles. The van der Waals surface area contributed by atoms with E-state index < -0.39 is 21.7 Å². The second-order valence-corrected chi connectivity index (χ2v) is 6.43. The van der Waals surface area contributed by atoms with Crippen LogP contribution in [0.4, 0.5) is 20.2 Å². The lowest BCUT2D eigenvalue weighted by atomic mass is 10.2. The molecule has 0 spiro atoms. The molecule has 0 saturated carbocycles. The van der Waals surface area contributed by atoms with Crippen molar-refractivity contribution in [3.05, 3.63) is 52.6 Å². The van der Waals surface area contributed by atoms with E-state index in [4.69, 9.17) is 17.3 Å². The highest BCUT2D eigenvalue weighted by molar-refractivity contribution is 7.92. The largest absolute Gasteiger partial charge is 0.398 e. The van der Waals surface area contributed by atoms with Crippen LogP contribution >= 0.6 is 11.6 Å². The van der Waals surface area contributed by atoms with Crippen LogP contribution < -0.4 is 10.5 Å². The van der Waals surface area contributed by atoms with Crippen molar-refractivity contribution in [2.75, 3.05) is 10.5 Å². The van der Waals surface area contributed by atoms with Gasteiger partial charge >= 0.3 is 0 Å². The molecule has 4 nitrogen and oxygen atoms in total. The fraction of sp³-hybridized carbons (Fsp3) is 0.0769. The van der Waals surface area contributed by atoms with Crippen LogP contribution in [0.2, 0.25) is 5.02 Å². The van der Waals surface area contributed by atoms with E-state index in [2.05, 4.69) is 0 Å². The second-order valence-electron chi connectivity index (χ2n) is 4.37. The van der Waals surface area contributed by atoms with Crippen LogP contribution in [0, 0.1) is 18.6 Å². The van der Waals surface area contributed by atoms with Crippen molar-refractivity contribution in [2.24, 2.45) is 0 Å². The Morgan fingerprint density at radius 2 is 1.86 bits per heavy atom. The molecule has 3 N–H and O–H groups in total. The van der Waals surface area contributed by atoms with Gasteiger partial charge in [-0.15, -0.1) is 0 Å². The van der Waals surface area contributed by atoms with Crippen molar-refractivity contribution in [2.45, 2.75) is 11.8 Å². The smallest absolute Gasteiger partial charge is 0.263 e. The molecule has 0 fully saturated rings. The Morgan fingerprint density at radius 1 is 1.19 bits per heavy atom. The third-order valence-electron chi connectivity index (χ3n) is 2.79. The molecule has 112 valence electrons. The summed E-state index contributed by atoms with van der Waals surface area (Å²) < 4.78 is 52.8. The number of halogens is 3. The Labute approximate surface area is 125 Å². The third kappa shape index (κ3) is 3.25. The highest BCUT2D eigenvalue weighted by atomic mass is 35.5. The van der Waals surface area contributed by atoms with Crippen molar-refractivity contribution in [3.8, 4) is 0 Å². The minimum Gasteiger partial charge on any atom is -0.398 e. The SMILES string of the molecule is Cc1cc(Cl)c(S(=O)(=O)Nc2ccc(F)cc2F)cc1N. The van der Waals surface area contributed by atoms with E-state index in [9.17, 15) is 17.2 Å². The van der Waals surface area contributed by atoms with Crippen molar-refractivity contribution in [1.82, 2.24) is 0 Å². The number of benzene rings is 2. The lowest BCUT2D eigenvalue weighted by Crippen LogP contribution is -2.15. The molecule has 8 heteroatoms. The molecule has 2 aromatic rings. The van der Waals surface area contributed by atoms with Crippen LogP contribution in [-0.2, 0) is 10.0 Å². The maximum Gasteiger partial charge on any atom is 0.263 e. The highest BCUT2D eigenvalue weighted by Gasteiger charge is 2.21. The van der Waals surface area contributed by atoms with Gasteiger partial charge in [0.25, 0.3) is 10.0 Å². The monoisotopic (exact) mass is 332 g/mol. The Kier molecular flexibility index (Phi) is 4.06. The quantitative estimate of drug-likeness (QED) is 0.847. The van der Waals surface area contributed by atoms with E-state index >= 15 is 0 Å². The fourth-order valence-electron chi connectivity index (χ4n) is 1.65. The zero-order valence-corrected chi connectivity index (χ0v) is 12.4. The summed E-state index contributed by atoms with van der Waals surface area (Å²) in [6.07, 6.45) is 0. The number of nitrogen functional groups attached to an aromatic ring is 1. The number of aryl methyl sites for hydroxylation is 1. The molecule has 0 atom stereocenters. The zero-order chi connectivity index (χ0) is 15.8. The molecular weight excluding hydrogens is 322 g/mol. The predicted molar refractivity (Wildman–Crippen MR) is 77.8 cm³/mol. The van der Waals surface area contributed by atoms with Gasteiger partial charge in [0.15, 0.2) is 0 Å². The average Bonchev–Trinajstić information content (AvgIpc) is 2.37. The van der Waals surface area contributed by atoms with Gasteiger partial charge in [0, 0.05) is 11.8 Å². The van der Waals surface area contributed by atoms with Gasteiger partial charge in [0.05, 0.1) is 10.7 Å². The summed E-state index contributed by atoms with van der Waals surface area (Å²) in [5.41, 5.74) is 6.13. The summed E-state index contributed by atoms with van der Waals surface area (Å²) in [5.74, 6) is -1.84. The number of rotatable bonds is 3. The molecule has 0 aliphatic heterocycles. The summed E-state index contributed by atoms with van der Waals surface area (Å²) in [6, 6.07) is 5.07. The molecule has 21 heavy (non-hydrogen) atoms. The standard InChI is InChI=1S/C13H11ClF2N2O2S/c1-7-4-9(14)13(6-11(7)17)21(19,20)18-12-3-2-8(15)5-10(12)16/h2-6,18H,17H2,1H3. The van der Waals surface area contributed by atoms with Gasteiger partial charge in [-0.2, -0.15) is 0 Å². The zero-order valence-electron chi connectivity index (χ0n) is 10.8. The number of hydrogen-bond acceptors (Lipinski definition) is 3. The van der Waals surface area contributed by atoms with Crippen LogP contribution in [0.3, 0.4) is 0 Å². The van der Waals surface area contributed by atoms with E-state index in [1.165, 1.54) is 12.1 Å². The first-order chi connectivity index (χ1) is 9.70. The number of sulfonamides is 1. The summed E-state index contributed by atoms with van der Waals surface area (Å²) in [4.78, 5) is -0.281. The van der Waals surface area contributed by atoms with Gasteiger partial charge in [0.1, 0.15) is 16.5 Å². The van der Waals surface area contributed by atoms with Crippen molar-refractivity contribution in [3.63, 3.8) is 0 Å². The maximum atomic E-state index is 13.5. The molecule has 0 aromatic heterocycles. The third-order valence-corrected chi connectivity index (χ3v) is 4.62. The molecule has 0 unspecified atom stereocenters. The first-order valence-electron chi connectivity index (χ1n) is 5.74. The summed E-state index contributed by atoms with van der Waals surface area (Å²) in [6.45, 7) is 1.67. The molecule has 2 aromatic carbocycles. The Balaban J connectivity index is 2.46. The van der Waals surface area contributed by atoms with Crippen LogP contribution in [0.5, 0.6) is 0 Å². The molecule has 0 radical (unpaired) electrons. The molecule has 0 amide bonds. The second kappa shape index (κ2) is 5.50.